The summed E-state index contributed by atoms with van der Waals surface area (Å²) in [5.41, 5.74) is 0.124. The quantitative estimate of drug-likeness (QED) is 0.776. The first-order chi connectivity index (χ1) is 13.1. The van der Waals surface area contributed by atoms with E-state index in [1.165, 1.54) is 6.42 Å². The van der Waals surface area contributed by atoms with E-state index < -0.39 is 15.4 Å². The number of carbonyl (C=O) groups excluding carboxylic acids is 1. The van der Waals surface area contributed by atoms with Crippen molar-refractivity contribution in [3.63, 3.8) is 0 Å². The van der Waals surface area contributed by atoms with Gasteiger partial charge in [-0.2, -0.15) is 8.42 Å². The van der Waals surface area contributed by atoms with E-state index in [2.05, 4.69) is 28.9 Å². The Hall–Kier alpha value is -1.89. The number of fused-ring (bicyclic) bond motifs is 1. The van der Waals surface area contributed by atoms with Crippen molar-refractivity contribution in [1.82, 2.24) is 5.32 Å². The van der Waals surface area contributed by atoms with Crippen LogP contribution in [0.5, 0.6) is 0 Å². The summed E-state index contributed by atoms with van der Waals surface area (Å²) in [4.78, 5) is 12.8. The van der Waals surface area contributed by atoms with Crippen LogP contribution >= 0.6 is 0 Å². The molecule has 1 amide bonds. The molecule has 28 heavy (non-hydrogen) atoms. The molecule has 0 saturated heterocycles. The van der Waals surface area contributed by atoms with Crippen LogP contribution < -0.4 is 10.6 Å². The molecule has 1 aliphatic heterocycles. The highest BCUT2D eigenvalue weighted by atomic mass is 32.2. The zero-order chi connectivity index (χ0) is 20.5. The van der Waals surface area contributed by atoms with Gasteiger partial charge in [-0.3, -0.25) is 4.79 Å². The van der Waals surface area contributed by atoms with Crippen molar-refractivity contribution >= 4 is 27.5 Å². The summed E-state index contributed by atoms with van der Waals surface area (Å²) in [7, 11) is -3.70. The number of sulfonamides is 1. The molecule has 6 nitrogen and oxygen atoms in total. The molecule has 1 fully saturated rings. The minimum atomic E-state index is -3.70. The molecule has 3 atom stereocenters. The molecule has 1 saturated carbocycles. The predicted octanol–water partition coefficient (Wildman–Crippen LogP) is 3.95. The lowest BCUT2D eigenvalue weighted by Crippen LogP contribution is -2.45. The van der Waals surface area contributed by atoms with Crippen molar-refractivity contribution in [2.45, 2.75) is 70.7 Å². The third kappa shape index (κ3) is 4.74. The van der Waals surface area contributed by atoms with E-state index in [0.717, 1.165) is 12.8 Å². The number of carbonyl (C=O) groups is 1. The lowest BCUT2D eigenvalue weighted by Gasteiger charge is -2.35. The maximum atomic E-state index is 12.7. The number of amides is 1. The third-order valence-corrected chi connectivity index (χ3v) is 7.39. The normalized spacial score (nSPS) is 26.6. The van der Waals surface area contributed by atoms with Gasteiger partial charge in [-0.15, -0.1) is 4.40 Å². The van der Waals surface area contributed by atoms with Gasteiger partial charge in [-0.05, 0) is 35.8 Å². The van der Waals surface area contributed by atoms with Crippen LogP contribution in [-0.4, -0.2) is 26.2 Å². The molecular formula is C21H31N3O3S. The van der Waals surface area contributed by atoms with E-state index in [1.54, 1.807) is 24.3 Å². The van der Waals surface area contributed by atoms with E-state index in [4.69, 9.17) is 0 Å². The number of nitrogens with zero attached hydrogens (tertiary/aromatic N) is 1. The van der Waals surface area contributed by atoms with Gasteiger partial charge in [-0.1, -0.05) is 52.7 Å². The van der Waals surface area contributed by atoms with Crippen LogP contribution in [0.4, 0.5) is 5.69 Å². The maximum absolute atomic E-state index is 12.7. The standard InChI is InChI=1S/C21H31N3O3S/c1-14-8-7-10-16(15(14)2)23-20(25)13-21(3,4)12-19-22-17-9-5-6-11-18(17)28(26,27)24-19/h5-6,9,11,14-16H,7-8,10,12-13H2,1-4H3,(H,22,24)(H,23,25)/t14-,15-,16-/m1/s1. The second kappa shape index (κ2) is 7.85. The summed E-state index contributed by atoms with van der Waals surface area (Å²) < 4.78 is 28.8. The summed E-state index contributed by atoms with van der Waals surface area (Å²) in [6.45, 7) is 8.40. The van der Waals surface area contributed by atoms with Gasteiger partial charge in [0.15, 0.2) is 0 Å². The minimum Gasteiger partial charge on any atom is -0.353 e. The molecule has 1 heterocycles. The van der Waals surface area contributed by atoms with Gasteiger partial charge in [0.25, 0.3) is 10.0 Å². The van der Waals surface area contributed by atoms with E-state index in [1.807, 2.05) is 13.8 Å². The largest absolute Gasteiger partial charge is 0.353 e. The van der Waals surface area contributed by atoms with E-state index in [0.29, 0.717) is 36.2 Å². The van der Waals surface area contributed by atoms with Crippen LogP contribution in [0.3, 0.4) is 0 Å². The highest BCUT2D eigenvalue weighted by molar-refractivity contribution is 7.90. The first-order valence-electron chi connectivity index (χ1n) is 10.1. The van der Waals surface area contributed by atoms with Gasteiger partial charge in [0, 0.05) is 18.9 Å². The van der Waals surface area contributed by atoms with Gasteiger partial charge in [0.1, 0.15) is 10.7 Å². The Morgan fingerprint density at radius 1 is 1.25 bits per heavy atom. The number of para-hydroxylation sites is 1. The summed E-state index contributed by atoms with van der Waals surface area (Å²) in [6.07, 6.45) is 4.11. The molecule has 2 N–H and O–H groups in total. The number of hydrogen-bond donors (Lipinski definition) is 2. The van der Waals surface area contributed by atoms with Crippen LogP contribution in [0.25, 0.3) is 0 Å². The lowest BCUT2D eigenvalue weighted by molar-refractivity contribution is -0.124. The fourth-order valence-electron chi connectivity index (χ4n) is 4.24. The summed E-state index contributed by atoms with van der Waals surface area (Å²) in [6, 6.07) is 6.97. The number of nitrogens with one attached hydrogen (secondary N) is 2. The van der Waals surface area contributed by atoms with Crippen LogP contribution in [-0.2, 0) is 14.8 Å². The highest BCUT2D eigenvalue weighted by Gasteiger charge is 2.32. The Labute approximate surface area is 168 Å². The maximum Gasteiger partial charge on any atom is 0.286 e. The van der Waals surface area contributed by atoms with Crippen molar-refractivity contribution in [2.75, 3.05) is 5.32 Å². The van der Waals surface area contributed by atoms with Gasteiger partial charge in [-0.25, -0.2) is 0 Å². The first kappa shape index (κ1) is 20.8. The zero-order valence-corrected chi connectivity index (χ0v) is 18.0. The number of rotatable bonds is 5. The Morgan fingerprint density at radius 3 is 2.71 bits per heavy atom. The minimum absolute atomic E-state index is 0.0237. The molecule has 0 spiro atoms. The van der Waals surface area contributed by atoms with E-state index >= 15 is 0 Å². The molecule has 3 rings (SSSR count). The smallest absolute Gasteiger partial charge is 0.286 e. The Bertz CT molecular complexity index is 877. The zero-order valence-electron chi connectivity index (χ0n) is 17.2. The molecule has 0 radical (unpaired) electrons. The molecule has 1 aromatic carbocycles. The van der Waals surface area contributed by atoms with Gasteiger partial charge < -0.3 is 10.6 Å². The van der Waals surface area contributed by atoms with Gasteiger partial charge in [0.2, 0.25) is 5.91 Å². The second-order valence-corrected chi connectivity index (χ2v) is 10.7. The van der Waals surface area contributed by atoms with Crippen LogP contribution in [0, 0.1) is 17.3 Å². The van der Waals surface area contributed by atoms with E-state index in [-0.39, 0.29) is 16.8 Å². The molecule has 154 valence electrons. The van der Waals surface area contributed by atoms with Crippen molar-refractivity contribution in [1.29, 1.82) is 0 Å². The van der Waals surface area contributed by atoms with Crippen LogP contribution in [0.1, 0.15) is 59.8 Å². The third-order valence-electron chi connectivity index (χ3n) is 6.01. The summed E-state index contributed by atoms with van der Waals surface area (Å²) >= 11 is 0. The molecule has 1 aromatic rings. The number of hydrogen-bond acceptors (Lipinski definition) is 4. The number of anilines is 1. The molecule has 2 aliphatic rings. The predicted molar refractivity (Wildman–Crippen MR) is 112 cm³/mol. The molecule has 0 unspecified atom stereocenters. The molecular weight excluding hydrogens is 374 g/mol. The van der Waals surface area contributed by atoms with Gasteiger partial charge >= 0.3 is 0 Å². The van der Waals surface area contributed by atoms with Crippen molar-refractivity contribution in [2.24, 2.45) is 21.6 Å². The van der Waals surface area contributed by atoms with E-state index in [9.17, 15) is 13.2 Å². The highest BCUT2D eigenvalue weighted by Crippen LogP contribution is 2.33. The topological polar surface area (TPSA) is 87.6 Å². The fourth-order valence-corrected chi connectivity index (χ4v) is 5.38. The van der Waals surface area contributed by atoms with Crippen molar-refractivity contribution < 1.29 is 13.2 Å². The monoisotopic (exact) mass is 405 g/mol. The Balaban J connectivity index is 1.64. The van der Waals surface area contributed by atoms with Crippen LogP contribution in [0.15, 0.2) is 33.6 Å². The number of benzene rings is 1. The van der Waals surface area contributed by atoms with Crippen LogP contribution in [0.2, 0.25) is 0 Å². The molecule has 0 aromatic heterocycles. The summed E-state index contributed by atoms with van der Waals surface area (Å²) in [5.74, 6) is 1.51. The molecule has 1 aliphatic carbocycles. The average Bonchev–Trinajstić information content (AvgIpc) is 2.57. The first-order valence-corrected chi connectivity index (χ1v) is 11.5. The molecule has 7 heteroatoms. The van der Waals surface area contributed by atoms with Gasteiger partial charge in [0.05, 0.1) is 5.69 Å². The lowest BCUT2D eigenvalue weighted by atomic mass is 9.77. The van der Waals surface area contributed by atoms with Crippen molar-refractivity contribution in [3.05, 3.63) is 24.3 Å². The fraction of sp³-hybridized carbons (Fsp3) is 0.619. The SMILES string of the molecule is C[C@@H]1[C@H](C)CCC[C@H]1NC(=O)CC(C)(C)CC1=NS(=O)(=O)c2ccccc2N1. The number of amidine groups is 1. The Morgan fingerprint density at radius 2 is 1.96 bits per heavy atom. The van der Waals surface area contributed by atoms with Crippen molar-refractivity contribution in [3.8, 4) is 0 Å². The average molecular weight is 406 g/mol. The Kier molecular flexibility index (Phi) is 5.84. The second-order valence-electron chi connectivity index (χ2n) is 9.09. The summed E-state index contributed by atoms with van der Waals surface area (Å²) in [5, 5.41) is 6.32. The molecule has 0 bridgehead atoms.